The van der Waals surface area contributed by atoms with Gasteiger partial charge in [0.2, 0.25) is 5.91 Å². The summed E-state index contributed by atoms with van der Waals surface area (Å²) in [6.45, 7) is 1.98. The molecule has 0 radical (unpaired) electrons. The molecule has 1 aliphatic rings. The van der Waals surface area contributed by atoms with Gasteiger partial charge in [-0.15, -0.1) is 0 Å². The predicted octanol–water partition coefficient (Wildman–Crippen LogP) is 4.03. The molecule has 1 saturated heterocycles. The van der Waals surface area contributed by atoms with Crippen molar-refractivity contribution in [1.82, 2.24) is 9.80 Å². The fourth-order valence-corrected chi connectivity index (χ4v) is 3.60. The topological polar surface area (TPSA) is 52.7 Å². The van der Waals surface area contributed by atoms with E-state index in [1.54, 1.807) is 50.5 Å². The highest BCUT2D eigenvalue weighted by Gasteiger charge is 2.25. The number of anilines is 1. The van der Waals surface area contributed by atoms with Crippen molar-refractivity contribution in [3.05, 3.63) is 64.4 Å². The second-order valence-electron chi connectivity index (χ2n) is 7.55. The Morgan fingerprint density at radius 2 is 1.79 bits per heavy atom. The first-order valence-corrected chi connectivity index (χ1v) is 10.00. The van der Waals surface area contributed by atoms with Crippen molar-refractivity contribution in [2.75, 3.05) is 32.5 Å². The van der Waals surface area contributed by atoms with Crippen LogP contribution in [0.4, 0.5) is 10.1 Å². The second kappa shape index (κ2) is 9.37. The lowest BCUT2D eigenvalue weighted by molar-refractivity contribution is -0.121. The van der Waals surface area contributed by atoms with Gasteiger partial charge in [-0.3, -0.25) is 14.5 Å². The van der Waals surface area contributed by atoms with Crippen molar-refractivity contribution in [3.63, 3.8) is 0 Å². The molecule has 1 N–H and O–H groups in total. The number of hydrogen-bond acceptors (Lipinski definition) is 3. The van der Waals surface area contributed by atoms with Crippen LogP contribution in [0.15, 0.2) is 42.5 Å². The maximum atomic E-state index is 14.0. The standard InChI is InChI=1S/C22H25ClFN3O2/c1-26(2)22(29)16-4-7-19(8-5-16)25-21(28)15-9-11-27(12-10-15)14-17-3-6-18(23)13-20(17)24/h3-8,13,15H,9-12,14H2,1-2H3,(H,25,28). The number of carbonyl (C=O) groups is 2. The van der Waals surface area contributed by atoms with Crippen LogP contribution in [-0.2, 0) is 11.3 Å². The van der Waals surface area contributed by atoms with E-state index in [0.717, 1.165) is 25.9 Å². The van der Waals surface area contributed by atoms with Gasteiger partial charge in [0.25, 0.3) is 5.91 Å². The zero-order valence-electron chi connectivity index (χ0n) is 16.6. The molecule has 0 bridgehead atoms. The van der Waals surface area contributed by atoms with Crippen molar-refractivity contribution in [3.8, 4) is 0 Å². The van der Waals surface area contributed by atoms with E-state index in [1.807, 2.05) is 0 Å². The number of piperidine rings is 1. The first-order chi connectivity index (χ1) is 13.8. The Bertz CT molecular complexity index is 878. The molecule has 1 heterocycles. The molecule has 2 aromatic carbocycles. The number of likely N-dealkylation sites (tertiary alicyclic amines) is 1. The minimum absolute atomic E-state index is 0.0194. The van der Waals surface area contributed by atoms with Gasteiger partial charge in [-0.25, -0.2) is 4.39 Å². The van der Waals surface area contributed by atoms with Crippen LogP contribution in [0.5, 0.6) is 0 Å². The summed E-state index contributed by atoms with van der Waals surface area (Å²) in [6.07, 6.45) is 1.44. The van der Waals surface area contributed by atoms with Crippen molar-refractivity contribution in [1.29, 1.82) is 0 Å². The molecule has 3 rings (SSSR count). The first-order valence-electron chi connectivity index (χ1n) is 9.62. The van der Waals surface area contributed by atoms with Gasteiger partial charge in [0.1, 0.15) is 5.82 Å². The van der Waals surface area contributed by atoms with Crippen LogP contribution in [0.25, 0.3) is 0 Å². The van der Waals surface area contributed by atoms with Gasteiger partial charge in [-0.2, -0.15) is 0 Å². The molecule has 0 unspecified atom stereocenters. The third-order valence-electron chi connectivity index (χ3n) is 5.17. The molecular weight excluding hydrogens is 393 g/mol. The minimum atomic E-state index is -0.298. The quantitative estimate of drug-likeness (QED) is 0.799. The highest BCUT2D eigenvalue weighted by Crippen LogP contribution is 2.23. The normalized spacial score (nSPS) is 15.2. The number of nitrogens with zero attached hydrogens (tertiary/aromatic N) is 2. The second-order valence-corrected chi connectivity index (χ2v) is 7.99. The third-order valence-corrected chi connectivity index (χ3v) is 5.41. The Hall–Kier alpha value is -2.44. The lowest BCUT2D eigenvalue weighted by atomic mass is 9.95. The largest absolute Gasteiger partial charge is 0.345 e. The highest BCUT2D eigenvalue weighted by atomic mass is 35.5. The molecule has 2 aromatic rings. The van der Waals surface area contributed by atoms with E-state index in [9.17, 15) is 14.0 Å². The number of benzene rings is 2. The molecule has 5 nitrogen and oxygen atoms in total. The maximum absolute atomic E-state index is 14.0. The smallest absolute Gasteiger partial charge is 0.253 e. The lowest BCUT2D eigenvalue weighted by Crippen LogP contribution is -2.37. The molecule has 154 valence electrons. The van der Waals surface area contributed by atoms with Crippen LogP contribution >= 0.6 is 11.6 Å². The number of carbonyl (C=O) groups excluding carboxylic acids is 2. The summed E-state index contributed by atoms with van der Waals surface area (Å²) < 4.78 is 14.0. The summed E-state index contributed by atoms with van der Waals surface area (Å²) in [6, 6.07) is 11.6. The van der Waals surface area contributed by atoms with E-state index in [4.69, 9.17) is 11.6 Å². The highest BCUT2D eigenvalue weighted by molar-refractivity contribution is 6.30. The molecule has 0 aliphatic carbocycles. The Kier molecular flexibility index (Phi) is 6.87. The molecule has 0 saturated carbocycles. The van der Waals surface area contributed by atoms with Crippen LogP contribution in [0.2, 0.25) is 5.02 Å². The summed E-state index contributed by atoms with van der Waals surface area (Å²) in [5.74, 6) is -0.473. The van der Waals surface area contributed by atoms with Gasteiger partial charge in [0.15, 0.2) is 0 Å². The summed E-state index contributed by atoms with van der Waals surface area (Å²) in [7, 11) is 3.40. The average molecular weight is 418 g/mol. The van der Waals surface area contributed by atoms with Crippen molar-refractivity contribution >= 4 is 29.1 Å². The van der Waals surface area contributed by atoms with Crippen LogP contribution in [0.1, 0.15) is 28.8 Å². The number of halogens is 2. The summed E-state index contributed by atoms with van der Waals surface area (Å²) >= 11 is 5.80. The van der Waals surface area contributed by atoms with E-state index in [2.05, 4.69) is 10.2 Å². The van der Waals surface area contributed by atoms with Crippen molar-refractivity contribution in [2.24, 2.45) is 5.92 Å². The number of rotatable bonds is 5. The van der Waals surface area contributed by atoms with Crippen LogP contribution < -0.4 is 5.32 Å². The summed E-state index contributed by atoms with van der Waals surface area (Å²) in [5, 5.41) is 3.32. The fraction of sp³-hybridized carbons (Fsp3) is 0.364. The van der Waals surface area contributed by atoms with E-state index in [0.29, 0.717) is 28.4 Å². The van der Waals surface area contributed by atoms with Gasteiger partial charge in [0, 0.05) is 48.4 Å². The zero-order chi connectivity index (χ0) is 21.0. The molecule has 1 aliphatic heterocycles. The van der Waals surface area contributed by atoms with E-state index in [-0.39, 0.29) is 23.5 Å². The van der Waals surface area contributed by atoms with Crippen LogP contribution in [0, 0.1) is 11.7 Å². The van der Waals surface area contributed by atoms with Gasteiger partial charge < -0.3 is 10.2 Å². The van der Waals surface area contributed by atoms with E-state index in [1.165, 1.54) is 11.0 Å². The van der Waals surface area contributed by atoms with Gasteiger partial charge in [0.05, 0.1) is 0 Å². The van der Waals surface area contributed by atoms with Gasteiger partial charge >= 0.3 is 0 Å². The number of hydrogen-bond donors (Lipinski definition) is 1. The fourth-order valence-electron chi connectivity index (χ4n) is 3.44. The van der Waals surface area contributed by atoms with Gasteiger partial charge in [-0.1, -0.05) is 17.7 Å². The first kappa shape index (κ1) is 21.3. The van der Waals surface area contributed by atoms with Gasteiger partial charge in [-0.05, 0) is 62.3 Å². The van der Waals surface area contributed by atoms with E-state index >= 15 is 0 Å². The lowest BCUT2D eigenvalue weighted by Gasteiger charge is -2.31. The minimum Gasteiger partial charge on any atom is -0.345 e. The SMILES string of the molecule is CN(C)C(=O)c1ccc(NC(=O)C2CCN(Cc3ccc(Cl)cc3F)CC2)cc1. The summed E-state index contributed by atoms with van der Waals surface area (Å²) in [5.41, 5.74) is 1.87. The van der Waals surface area contributed by atoms with Crippen LogP contribution in [-0.4, -0.2) is 48.8 Å². The predicted molar refractivity (Wildman–Crippen MR) is 113 cm³/mol. The van der Waals surface area contributed by atoms with Crippen molar-refractivity contribution in [2.45, 2.75) is 19.4 Å². The molecule has 0 aromatic heterocycles. The zero-order valence-corrected chi connectivity index (χ0v) is 17.4. The molecule has 2 amide bonds. The monoisotopic (exact) mass is 417 g/mol. The number of nitrogens with one attached hydrogen (secondary N) is 1. The Labute approximate surface area is 175 Å². The third kappa shape index (κ3) is 5.55. The Morgan fingerprint density at radius 3 is 2.38 bits per heavy atom. The van der Waals surface area contributed by atoms with E-state index < -0.39 is 0 Å². The Balaban J connectivity index is 1.50. The molecule has 7 heteroatoms. The molecule has 29 heavy (non-hydrogen) atoms. The molecular formula is C22H25ClFN3O2. The van der Waals surface area contributed by atoms with Crippen LogP contribution in [0.3, 0.4) is 0 Å². The average Bonchev–Trinajstić information content (AvgIpc) is 2.70. The Morgan fingerprint density at radius 1 is 1.14 bits per heavy atom. The molecule has 0 atom stereocenters. The number of amides is 2. The summed E-state index contributed by atoms with van der Waals surface area (Å²) in [4.78, 5) is 28.2. The maximum Gasteiger partial charge on any atom is 0.253 e. The van der Waals surface area contributed by atoms with Crippen molar-refractivity contribution < 1.29 is 14.0 Å². The molecule has 0 spiro atoms. The molecule has 1 fully saturated rings.